The van der Waals surface area contributed by atoms with Crippen molar-refractivity contribution in [2.75, 3.05) is 15.6 Å². The highest BCUT2D eigenvalue weighted by atomic mass is 35.5. The van der Waals surface area contributed by atoms with Crippen LogP contribution < -0.4 is 14.3 Å². The van der Waals surface area contributed by atoms with Gasteiger partial charge in [0.25, 0.3) is 0 Å². The average Bonchev–Trinajstić information content (AvgIpc) is 2.79. The Hall–Kier alpha value is -1.69. The molecule has 0 fully saturated rings. The lowest BCUT2D eigenvalue weighted by Crippen LogP contribution is -2.16. The van der Waals surface area contributed by atoms with Crippen molar-refractivity contribution in [1.82, 2.24) is 0 Å². The third-order valence-corrected chi connectivity index (χ3v) is 7.90. The molecule has 0 spiro atoms. The minimum absolute atomic E-state index is 0.0671. The Morgan fingerprint density at radius 1 is 0.912 bits per heavy atom. The zero-order valence-corrected chi connectivity index (χ0v) is 22.8. The number of sulfonamides is 1. The molecule has 0 aromatic heterocycles. The Balaban J connectivity index is 1.64. The maximum absolute atomic E-state index is 12.3. The first-order valence-corrected chi connectivity index (χ1v) is 15.0. The van der Waals surface area contributed by atoms with Gasteiger partial charge in [-0.05, 0) is 55.3 Å². The van der Waals surface area contributed by atoms with Crippen LogP contribution in [0.2, 0.25) is 5.02 Å². The summed E-state index contributed by atoms with van der Waals surface area (Å²) in [7, 11) is -3.42. The first-order valence-electron chi connectivity index (χ1n) is 12.1. The minimum Gasteiger partial charge on any atom is -0.506 e. The number of aromatic hydroxyl groups is 1. The van der Waals surface area contributed by atoms with E-state index in [0.717, 1.165) is 18.5 Å². The number of phenolic OH excluding ortho intramolecular Hbond substituents is 1. The largest absolute Gasteiger partial charge is 0.506 e. The number of rotatable bonds is 17. The topological polar surface area (TPSA) is 87.7 Å². The molecule has 2 rings (SSSR count). The molecule has 0 aliphatic heterocycles. The number of anilines is 2. The van der Waals surface area contributed by atoms with Crippen LogP contribution in [0.1, 0.15) is 76.7 Å². The Bertz CT molecular complexity index is 948. The number of benzene rings is 2. The smallest absolute Gasteiger partial charge is 0.232 e. The molecule has 0 saturated carbocycles. The van der Waals surface area contributed by atoms with E-state index in [1.807, 2.05) is 0 Å². The molecule has 2 aromatic carbocycles. The summed E-state index contributed by atoms with van der Waals surface area (Å²) >= 11 is 5.98. The van der Waals surface area contributed by atoms with E-state index in [1.165, 1.54) is 44.9 Å². The van der Waals surface area contributed by atoms with Gasteiger partial charge in [0.1, 0.15) is 11.5 Å². The molecule has 1 unspecified atom stereocenters. The molecule has 0 aliphatic rings. The summed E-state index contributed by atoms with van der Waals surface area (Å²) in [5, 5.41) is 13.1. The van der Waals surface area contributed by atoms with Crippen molar-refractivity contribution >= 4 is 42.0 Å². The van der Waals surface area contributed by atoms with Gasteiger partial charge >= 0.3 is 0 Å². The number of halogens is 1. The monoisotopic (exact) mass is 528 g/mol. The fourth-order valence-electron chi connectivity index (χ4n) is 3.55. The van der Waals surface area contributed by atoms with Crippen LogP contribution in [-0.2, 0) is 10.0 Å². The van der Waals surface area contributed by atoms with Gasteiger partial charge in [0.05, 0.1) is 10.8 Å². The first kappa shape index (κ1) is 28.5. The van der Waals surface area contributed by atoms with E-state index in [2.05, 4.69) is 16.7 Å². The lowest BCUT2D eigenvalue weighted by atomic mass is 10.1. The van der Waals surface area contributed by atoms with Gasteiger partial charge in [0, 0.05) is 11.4 Å². The molecule has 3 N–H and O–H groups in total. The predicted octanol–water partition coefficient (Wildman–Crippen LogP) is 8.02. The summed E-state index contributed by atoms with van der Waals surface area (Å²) in [4.78, 5) is 0. The number of unbranched alkanes of at least 4 members (excludes halogenated alkanes) is 9. The molecule has 0 radical (unpaired) electrons. The quantitative estimate of drug-likeness (QED) is 0.110. The normalized spacial score (nSPS) is 11.7. The molecule has 0 heterocycles. The number of aryl methyl sites for hydroxylation is 1. The van der Waals surface area contributed by atoms with E-state index in [0.29, 0.717) is 23.4 Å². The van der Waals surface area contributed by atoms with Crippen LogP contribution in [0.3, 0.4) is 0 Å². The maximum Gasteiger partial charge on any atom is 0.232 e. The molecule has 0 aliphatic carbocycles. The third kappa shape index (κ3) is 11.2. The molecule has 34 heavy (non-hydrogen) atoms. The average molecular weight is 529 g/mol. The van der Waals surface area contributed by atoms with Gasteiger partial charge in [-0.2, -0.15) is 0 Å². The molecule has 0 saturated heterocycles. The van der Waals surface area contributed by atoms with Crippen molar-refractivity contribution in [3.05, 3.63) is 47.0 Å². The molecule has 2 aromatic rings. The molecule has 0 amide bonds. The van der Waals surface area contributed by atoms with Gasteiger partial charge in [0.2, 0.25) is 10.0 Å². The standard InChI is InChI=1S/C25H38ClN2O4PS/c1-3-4-5-6-7-8-9-10-11-12-17-34(30,31)28-21-13-15-23(16-14-21)32-33-27-22-18-20(2)25(29)24(26)19-22/h13-16,18-19,27-29,33H,3-12,17H2,1-2H3. The van der Waals surface area contributed by atoms with E-state index in [9.17, 15) is 13.5 Å². The van der Waals surface area contributed by atoms with Crippen molar-refractivity contribution in [3.63, 3.8) is 0 Å². The SMILES string of the molecule is CCCCCCCCCCCCS(=O)(=O)Nc1ccc(OPNc2cc(C)c(O)c(Cl)c2)cc1. The van der Waals surface area contributed by atoms with Gasteiger partial charge in [-0.1, -0.05) is 76.3 Å². The van der Waals surface area contributed by atoms with Crippen LogP contribution in [0, 0.1) is 6.92 Å². The van der Waals surface area contributed by atoms with Crippen molar-refractivity contribution in [3.8, 4) is 11.5 Å². The summed E-state index contributed by atoms with van der Waals surface area (Å²) < 4.78 is 33.0. The number of nitrogens with one attached hydrogen (secondary N) is 2. The molecule has 9 heteroatoms. The first-order chi connectivity index (χ1) is 16.3. The molecular weight excluding hydrogens is 491 g/mol. The summed E-state index contributed by atoms with van der Waals surface area (Å²) in [6.45, 7) is 4.00. The summed E-state index contributed by atoms with van der Waals surface area (Å²) in [6, 6.07) is 10.2. The second kappa shape index (κ2) is 15.3. The van der Waals surface area contributed by atoms with E-state index in [1.54, 1.807) is 43.3 Å². The van der Waals surface area contributed by atoms with E-state index >= 15 is 0 Å². The molecular formula is C25H38ClN2O4PS. The minimum atomic E-state index is -3.35. The Labute approximate surface area is 211 Å². The number of hydrogen-bond acceptors (Lipinski definition) is 5. The third-order valence-electron chi connectivity index (χ3n) is 5.51. The van der Waals surface area contributed by atoms with Crippen molar-refractivity contribution < 1.29 is 18.0 Å². The van der Waals surface area contributed by atoms with E-state index in [-0.39, 0.29) is 25.5 Å². The molecule has 1 atom stereocenters. The van der Waals surface area contributed by atoms with E-state index in [4.69, 9.17) is 16.1 Å². The number of hydrogen-bond donors (Lipinski definition) is 3. The summed E-state index contributed by atoms with van der Waals surface area (Å²) in [5.74, 6) is 0.828. The second-order valence-corrected chi connectivity index (χ2v) is 11.5. The lowest BCUT2D eigenvalue weighted by molar-refractivity contribution is 0.471. The van der Waals surface area contributed by atoms with Crippen LogP contribution in [0.15, 0.2) is 36.4 Å². The predicted molar refractivity (Wildman–Crippen MR) is 146 cm³/mol. The zero-order chi connectivity index (χ0) is 24.8. The van der Waals surface area contributed by atoms with Crippen molar-refractivity contribution in [2.45, 2.75) is 78.1 Å². The van der Waals surface area contributed by atoms with Gasteiger partial charge in [-0.3, -0.25) is 4.72 Å². The van der Waals surface area contributed by atoms with Crippen LogP contribution in [-0.4, -0.2) is 19.3 Å². The Morgan fingerprint density at radius 3 is 2.09 bits per heavy atom. The Kier molecular flexibility index (Phi) is 12.9. The van der Waals surface area contributed by atoms with Crippen molar-refractivity contribution in [1.29, 1.82) is 0 Å². The van der Waals surface area contributed by atoms with Crippen LogP contribution in [0.25, 0.3) is 0 Å². The van der Waals surface area contributed by atoms with Gasteiger partial charge in [0.15, 0.2) is 8.96 Å². The van der Waals surface area contributed by atoms with Crippen LogP contribution in [0.4, 0.5) is 11.4 Å². The van der Waals surface area contributed by atoms with Gasteiger partial charge < -0.3 is 14.7 Å². The molecule has 190 valence electrons. The highest BCUT2D eigenvalue weighted by Crippen LogP contribution is 2.33. The summed E-state index contributed by atoms with van der Waals surface area (Å²) in [5.41, 5.74) is 1.95. The fraction of sp³-hybridized carbons (Fsp3) is 0.520. The molecule has 6 nitrogen and oxygen atoms in total. The lowest BCUT2D eigenvalue weighted by Gasteiger charge is -2.11. The van der Waals surface area contributed by atoms with E-state index < -0.39 is 10.0 Å². The van der Waals surface area contributed by atoms with Crippen LogP contribution >= 0.6 is 20.6 Å². The van der Waals surface area contributed by atoms with Gasteiger partial charge in [-0.15, -0.1) is 0 Å². The van der Waals surface area contributed by atoms with Crippen molar-refractivity contribution in [2.24, 2.45) is 0 Å². The highest BCUT2D eigenvalue weighted by Gasteiger charge is 2.10. The summed E-state index contributed by atoms with van der Waals surface area (Å²) in [6.07, 6.45) is 11.7. The fourth-order valence-corrected chi connectivity index (χ4v) is 5.57. The van der Waals surface area contributed by atoms with Gasteiger partial charge in [-0.25, -0.2) is 8.42 Å². The maximum atomic E-state index is 12.3. The Morgan fingerprint density at radius 2 is 1.50 bits per heavy atom. The number of phenols is 1. The molecule has 0 bridgehead atoms. The zero-order valence-electron chi connectivity index (χ0n) is 20.2. The second-order valence-electron chi connectivity index (χ2n) is 8.58. The van der Waals surface area contributed by atoms with Crippen LogP contribution in [0.5, 0.6) is 11.5 Å². The highest BCUT2D eigenvalue weighted by molar-refractivity contribution is 7.92.